The Balaban J connectivity index is 2.03. The van der Waals surface area contributed by atoms with Crippen molar-refractivity contribution in [1.82, 2.24) is 5.32 Å². The first-order valence-corrected chi connectivity index (χ1v) is 7.83. The van der Waals surface area contributed by atoms with Crippen molar-refractivity contribution in [1.29, 1.82) is 0 Å². The predicted molar refractivity (Wildman–Crippen MR) is 94.4 cm³/mol. The molecular weight excluding hydrogens is 295 g/mol. The molecular formula is C18H21FN2S. The van der Waals surface area contributed by atoms with Crippen LogP contribution in [0, 0.1) is 11.7 Å². The van der Waals surface area contributed by atoms with E-state index >= 15 is 0 Å². The van der Waals surface area contributed by atoms with E-state index < -0.39 is 0 Å². The van der Waals surface area contributed by atoms with Crippen LogP contribution in [-0.2, 0) is 0 Å². The van der Waals surface area contributed by atoms with E-state index in [2.05, 4.69) is 36.6 Å². The number of nitrogens with one attached hydrogen (secondary N) is 2. The van der Waals surface area contributed by atoms with Crippen molar-refractivity contribution in [3.8, 4) is 0 Å². The molecule has 0 aliphatic heterocycles. The first-order chi connectivity index (χ1) is 10.5. The van der Waals surface area contributed by atoms with Crippen molar-refractivity contribution in [3.05, 3.63) is 66.0 Å². The smallest absolute Gasteiger partial charge is 0.171 e. The average molecular weight is 316 g/mol. The zero-order valence-electron chi connectivity index (χ0n) is 12.8. The Morgan fingerprint density at radius 2 is 1.68 bits per heavy atom. The van der Waals surface area contributed by atoms with E-state index in [1.165, 1.54) is 17.7 Å². The Morgan fingerprint density at radius 1 is 1.05 bits per heavy atom. The molecule has 0 heterocycles. The highest BCUT2D eigenvalue weighted by molar-refractivity contribution is 7.80. The Kier molecular flexibility index (Phi) is 5.90. The summed E-state index contributed by atoms with van der Waals surface area (Å²) in [6, 6.07) is 16.6. The van der Waals surface area contributed by atoms with Crippen LogP contribution in [0.4, 0.5) is 10.1 Å². The molecule has 2 aromatic carbocycles. The van der Waals surface area contributed by atoms with Gasteiger partial charge in [0, 0.05) is 5.69 Å². The highest BCUT2D eigenvalue weighted by atomic mass is 32.1. The third kappa shape index (κ3) is 5.11. The van der Waals surface area contributed by atoms with Gasteiger partial charge >= 0.3 is 0 Å². The van der Waals surface area contributed by atoms with Crippen LogP contribution >= 0.6 is 12.2 Å². The molecule has 2 rings (SSSR count). The van der Waals surface area contributed by atoms with Crippen LogP contribution in [0.25, 0.3) is 0 Å². The van der Waals surface area contributed by atoms with Crippen LogP contribution in [0.5, 0.6) is 0 Å². The lowest BCUT2D eigenvalue weighted by Crippen LogP contribution is -2.33. The highest BCUT2D eigenvalue weighted by Crippen LogP contribution is 2.21. The van der Waals surface area contributed by atoms with Gasteiger partial charge in [0.1, 0.15) is 5.82 Å². The SMILES string of the molecule is CC(C)C[C@@H](NC(=S)Nc1ccc(F)cc1)c1ccccc1. The lowest BCUT2D eigenvalue weighted by Gasteiger charge is -2.23. The predicted octanol–water partition coefficient (Wildman–Crippen LogP) is 4.90. The zero-order valence-corrected chi connectivity index (χ0v) is 13.7. The summed E-state index contributed by atoms with van der Waals surface area (Å²) in [4.78, 5) is 0. The summed E-state index contributed by atoms with van der Waals surface area (Å²) in [5, 5.41) is 6.99. The summed E-state index contributed by atoms with van der Waals surface area (Å²) in [5.74, 6) is 0.290. The van der Waals surface area contributed by atoms with E-state index in [0.29, 0.717) is 11.0 Å². The quantitative estimate of drug-likeness (QED) is 0.767. The summed E-state index contributed by atoms with van der Waals surface area (Å²) in [6.07, 6.45) is 0.981. The summed E-state index contributed by atoms with van der Waals surface area (Å²) >= 11 is 5.38. The van der Waals surface area contributed by atoms with Gasteiger partial charge in [-0.3, -0.25) is 0 Å². The lowest BCUT2D eigenvalue weighted by molar-refractivity contribution is 0.481. The molecule has 0 saturated heterocycles. The van der Waals surface area contributed by atoms with E-state index in [1.54, 1.807) is 12.1 Å². The van der Waals surface area contributed by atoms with E-state index in [9.17, 15) is 4.39 Å². The van der Waals surface area contributed by atoms with Gasteiger partial charge < -0.3 is 10.6 Å². The molecule has 1 atom stereocenters. The van der Waals surface area contributed by atoms with Crippen LogP contribution < -0.4 is 10.6 Å². The van der Waals surface area contributed by atoms with Gasteiger partial charge in [-0.05, 0) is 54.4 Å². The maximum atomic E-state index is 12.9. The minimum absolute atomic E-state index is 0.154. The van der Waals surface area contributed by atoms with E-state index in [4.69, 9.17) is 12.2 Å². The fourth-order valence-corrected chi connectivity index (χ4v) is 2.55. The van der Waals surface area contributed by atoms with Gasteiger partial charge in [-0.1, -0.05) is 44.2 Å². The van der Waals surface area contributed by atoms with Gasteiger partial charge in [-0.2, -0.15) is 0 Å². The minimum atomic E-state index is -0.258. The number of benzene rings is 2. The van der Waals surface area contributed by atoms with Crippen molar-refractivity contribution >= 4 is 23.0 Å². The first kappa shape index (κ1) is 16.4. The molecule has 116 valence electrons. The van der Waals surface area contributed by atoms with Gasteiger partial charge in [0.15, 0.2) is 5.11 Å². The van der Waals surface area contributed by atoms with Crippen LogP contribution in [0.2, 0.25) is 0 Å². The molecule has 0 spiro atoms. The maximum absolute atomic E-state index is 12.9. The zero-order chi connectivity index (χ0) is 15.9. The molecule has 2 aromatic rings. The van der Waals surface area contributed by atoms with E-state index in [0.717, 1.165) is 12.1 Å². The molecule has 2 nitrogen and oxygen atoms in total. The monoisotopic (exact) mass is 316 g/mol. The second-order valence-corrected chi connectivity index (χ2v) is 6.11. The summed E-state index contributed by atoms with van der Waals surface area (Å²) in [7, 11) is 0. The Bertz CT molecular complexity index is 596. The molecule has 0 aliphatic carbocycles. The molecule has 22 heavy (non-hydrogen) atoms. The molecule has 0 fully saturated rings. The molecule has 0 bridgehead atoms. The molecule has 0 aliphatic rings. The van der Waals surface area contributed by atoms with E-state index in [-0.39, 0.29) is 11.9 Å². The Labute approximate surface area is 136 Å². The van der Waals surface area contributed by atoms with Crippen LogP contribution in [0.1, 0.15) is 31.9 Å². The van der Waals surface area contributed by atoms with Crippen LogP contribution in [0.15, 0.2) is 54.6 Å². The van der Waals surface area contributed by atoms with Gasteiger partial charge in [0.25, 0.3) is 0 Å². The third-order valence-electron chi connectivity index (χ3n) is 3.32. The van der Waals surface area contributed by atoms with Crippen molar-refractivity contribution < 1.29 is 4.39 Å². The third-order valence-corrected chi connectivity index (χ3v) is 3.54. The molecule has 0 amide bonds. The van der Waals surface area contributed by atoms with Crippen LogP contribution in [-0.4, -0.2) is 5.11 Å². The lowest BCUT2D eigenvalue weighted by atomic mass is 9.97. The standard InChI is InChI=1S/C18H21FN2S/c1-13(2)12-17(14-6-4-3-5-7-14)21-18(22)20-16-10-8-15(19)9-11-16/h3-11,13,17H,12H2,1-2H3,(H2,20,21,22)/t17-/m1/s1. The average Bonchev–Trinajstić information content (AvgIpc) is 2.49. The number of rotatable bonds is 5. The van der Waals surface area contributed by atoms with Gasteiger partial charge in [0.05, 0.1) is 6.04 Å². The fourth-order valence-electron chi connectivity index (χ4n) is 2.29. The van der Waals surface area contributed by atoms with Crippen molar-refractivity contribution in [2.24, 2.45) is 5.92 Å². The highest BCUT2D eigenvalue weighted by Gasteiger charge is 2.14. The summed E-state index contributed by atoms with van der Waals surface area (Å²) in [5.41, 5.74) is 1.98. The topological polar surface area (TPSA) is 24.1 Å². The maximum Gasteiger partial charge on any atom is 0.171 e. The number of hydrogen-bond donors (Lipinski definition) is 2. The Hall–Kier alpha value is -1.94. The molecule has 0 saturated carbocycles. The normalized spacial score (nSPS) is 12.0. The minimum Gasteiger partial charge on any atom is -0.356 e. The molecule has 0 aromatic heterocycles. The van der Waals surface area contributed by atoms with Gasteiger partial charge in [-0.25, -0.2) is 4.39 Å². The largest absolute Gasteiger partial charge is 0.356 e. The van der Waals surface area contributed by atoms with Crippen LogP contribution in [0.3, 0.4) is 0 Å². The van der Waals surface area contributed by atoms with Crippen molar-refractivity contribution in [2.45, 2.75) is 26.3 Å². The van der Waals surface area contributed by atoms with Crippen molar-refractivity contribution in [2.75, 3.05) is 5.32 Å². The summed E-state index contributed by atoms with van der Waals surface area (Å²) in [6.45, 7) is 4.38. The molecule has 4 heteroatoms. The number of hydrogen-bond acceptors (Lipinski definition) is 1. The molecule has 0 unspecified atom stereocenters. The van der Waals surface area contributed by atoms with Gasteiger partial charge in [0.2, 0.25) is 0 Å². The second-order valence-electron chi connectivity index (χ2n) is 5.70. The molecule has 0 radical (unpaired) electrons. The van der Waals surface area contributed by atoms with Gasteiger partial charge in [-0.15, -0.1) is 0 Å². The molecule has 2 N–H and O–H groups in total. The van der Waals surface area contributed by atoms with Crippen molar-refractivity contribution in [3.63, 3.8) is 0 Å². The first-order valence-electron chi connectivity index (χ1n) is 7.42. The van der Waals surface area contributed by atoms with E-state index in [1.807, 2.05) is 18.2 Å². The fraction of sp³-hybridized carbons (Fsp3) is 0.278. The number of anilines is 1. The number of halogens is 1. The second kappa shape index (κ2) is 7.90. The Morgan fingerprint density at radius 3 is 2.27 bits per heavy atom. The number of thiocarbonyl (C=S) groups is 1. The summed E-state index contributed by atoms with van der Waals surface area (Å²) < 4.78 is 12.9.